The van der Waals surface area contributed by atoms with Crippen molar-refractivity contribution >= 4 is 29.0 Å². The third-order valence-corrected chi connectivity index (χ3v) is 4.58. The lowest BCUT2D eigenvalue weighted by Crippen LogP contribution is -2.27. The van der Waals surface area contributed by atoms with Crippen LogP contribution in [0.15, 0.2) is 64.4 Å². The molecule has 1 aromatic heterocycles. The number of benzene rings is 2. The summed E-state index contributed by atoms with van der Waals surface area (Å²) >= 11 is 1.13. The van der Waals surface area contributed by atoms with E-state index in [0.717, 1.165) is 11.8 Å². The van der Waals surface area contributed by atoms with E-state index in [9.17, 15) is 19.3 Å². The molecule has 2 aromatic carbocycles. The molecule has 0 saturated heterocycles. The van der Waals surface area contributed by atoms with Crippen LogP contribution < -0.4 is 4.90 Å². The van der Waals surface area contributed by atoms with E-state index in [0.29, 0.717) is 22.2 Å². The first kappa shape index (κ1) is 18.6. The Bertz CT molecular complexity index is 957. The Labute approximate surface area is 158 Å². The molecule has 0 saturated carbocycles. The molecule has 0 fully saturated rings. The average Bonchev–Trinajstić information content (AvgIpc) is 3.15. The van der Waals surface area contributed by atoms with Crippen LogP contribution in [0.2, 0.25) is 0 Å². The van der Waals surface area contributed by atoms with Crippen LogP contribution in [0.5, 0.6) is 0 Å². The topological polar surface area (TPSA) is 89.5 Å². The number of aromatic nitrogens is 1. The van der Waals surface area contributed by atoms with E-state index in [-0.39, 0.29) is 23.2 Å². The van der Waals surface area contributed by atoms with Crippen LogP contribution in [0.4, 0.5) is 15.8 Å². The summed E-state index contributed by atoms with van der Waals surface area (Å²) in [5, 5.41) is 11.0. The predicted octanol–water partition coefficient (Wildman–Crippen LogP) is 4.14. The van der Waals surface area contributed by atoms with Crippen molar-refractivity contribution in [3.63, 3.8) is 0 Å². The van der Waals surface area contributed by atoms with Gasteiger partial charge in [0, 0.05) is 30.4 Å². The highest BCUT2D eigenvalue weighted by atomic mass is 32.2. The fourth-order valence-corrected chi connectivity index (χ4v) is 2.95. The van der Waals surface area contributed by atoms with Crippen molar-refractivity contribution in [1.29, 1.82) is 0 Å². The lowest BCUT2D eigenvalue weighted by molar-refractivity contribution is -0.384. The average molecular weight is 387 g/mol. The third-order valence-electron chi connectivity index (χ3n) is 3.75. The van der Waals surface area contributed by atoms with Crippen molar-refractivity contribution in [3.05, 3.63) is 70.7 Å². The van der Waals surface area contributed by atoms with E-state index in [2.05, 4.69) is 4.98 Å². The minimum absolute atomic E-state index is 0.0397. The second kappa shape index (κ2) is 8.00. The number of nitro benzene ring substituents is 1. The number of nitrogens with zero attached hydrogens (tertiary/aromatic N) is 3. The quantitative estimate of drug-likeness (QED) is 0.359. The van der Waals surface area contributed by atoms with Gasteiger partial charge in [-0.25, -0.2) is 9.37 Å². The molecule has 0 bridgehead atoms. The number of nitro groups is 1. The number of halogens is 1. The molecule has 0 aliphatic heterocycles. The molecule has 0 unspecified atom stereocenters. The van der Waals surface area contributed by atoms with Crippen molar-refractivity contribution in [1.82, 2.24) is 4.98 Å². The van der Waals surface area contributed by atoms with Gasteiger partial charge in [0.1, 0.15) is 5.82 Å². The van der Waals surface area contributed by atoms with E-state index in [1.165, 1.54) is 47.5 Å². The molecule has 1 amide bonds. The zero-order chi connectivity index (χ0) is 19.4. The molecule has 0 N–H and O–H groups in total. The van der Waals surface area contributed by atoms with Crippen LogP contribution in [0.3, 0.4) is 0 Å². The van der Waals surface area contributed by atoms with E-state index >= 15 is 0 Å². The molecule has 3 rings (SSSR count). The first-order valence-electron chi connectivity index (χ1n) is 7.79. The Hall–Kier alpha value is -3.20. The Kier molecular flexibility index (Phi) is 5.51. The van der Waals surface area contributed by atoms with Gasteiger partial charge in [0.2, 0.25) is 5.91 Å². The molecule has 9 heteroatoms. The third kappa shape index (κ3) is 4.50. The van der Waals surface area contributed by atoms with Crippen molar-refractivity contribution in [2.24, 2.45) is 0 Å². The highest BCUT2D eigenvalue weighted by molar-refractivity contribution is 7.99. The lowest BCUT2D eigenvalue weighted by Gasteiger charge is -2.16. The molecule has 3 aromatic rings. The van der Waals surface area contributed by atoms with Gasteiger partial charge in [-0.1, -0.05) is 11.8 Å². The van der Waals surface area contributed by atoms with Crippen LogP contribution in [-0.2, 0) is 4.79 Å². The number of hydrogen-bond acceptors (Lipinski definition) is 6. The van der Waals surface area contributed by atoms with Gasteiger partial charge in [-0.05, 0) is 36.4 Å². The van der Waals surface area contributed by atoms with E-state index in [1.54, 1.807) is 19.2 Å². The fraction of sp³-hybridized carbons (Fsp3) is 0.111. The summed E-state index contributed by atoms with van der Waals surface area (Å²) in [6, 6.07) is 11.5. The highest BCUT2D eigenvalue weighted by Gasteiger charge is 2.15. The van der Waals surface area contributed by atoms with Gasteiger partial charge in [-0.15, -0.1) is 0 Å². The number of thioether (sulfide) groups is 1. The largest absolute Gasteiger partial charge is 0.431 e. The summed E-state index contributed by atoms with van der Waals surface area (Å²) in [6.07, 6.45) is 1.51. The van der Waals surface area contributed by atoms with Gasteiger partial charge in [-0.2, -0.15) is 0 Å². The number of amides is 1. The van der Waals surface area contributed by atoms with Crippen LogP contribution in [0.25, 0.3) is 11.3 Å². The van der Waals surface area contributed by atoms with Crippen LogP contribution >= 0.6 is 11.8 Å². The summed E-state index contributed by atoms with van der Waals surface area (Å²) in [4.78, 5) is 28.0. The van der Waals surface area contributed by atoms with Crippen molar-refractivity contribution in [3.8, 4) is 11.3 Å². The van der Waals surface area contributed by atoms with Gasteiger partial charge in [-0.3, -0.25) is 14.9 Å². The SMILES string of the molecule is CN(C(=O)CSc1ncc(-c2ccc(F)cc2)o1)c1ccc([N+](=O)[O-])cc1. The van der Waals surface area contributed by atoms with Crippen molar-refractivity contribution < 1.29 is 18.5 Å². The standard InChI is InChI=1S/C18H14FN3O4S/c1-21(14-6-8-15(9-7-14)22(24)25)17(23)11-27-18-20-10-16(26-18)12-2-4-13(19)5-3-12/h2-10H,11H2,1H3. The zero-order valence-corrected chi connectivity index (χ0v) is 15.0. The lowest BCUT2D eigenvalue weighted by atomic mass is 10.2. The van der Waals surface area contributed by atoms with Crippen LogP contribution in [0.1, 0.15) is 0 Å². The predicted molar refractivity (Wildman–Crippen MR) is 99.1 cm³/mol. The Balaban J connectivity index is 1.60. The molecule has 0 atom stereocenters. The molecule has 0 aliphatic carbocycles. The maximum Gasteiger partial charge on any atom is 0.269 e. The summed E-state index contributed by atoms with van der Waals surface area (Å²) < 4.78 is 18.5. The van der Waals surface area contributed by atoms with E-state index in [1.807, 2.05) is 0 Å². The summed E-state index contributed by atoms with van der Waals surface area (Å²) in [6.45, 7) is 0. The Morgan fingerprint density at radius 3 is 2.52 bits per heavy atom. The summed E-state index contributed by atoms with van der Waals surface area (Å²) in [7, 11) is 1.59. The second-order valence-corrected chi connectivity index (χ2v) is 6.44. The monoisotopic (exact) mass is 387 g/mol. The number of oxazole rings is 1. The molecule has 1 heterocycles. The zero-order valence-electron chi connectivity index (χ0n) is 14.2. The number of carbonyl (C=O) groups excluding carboxylic acids is 1. The molecule has 27 heavy (non-hydrogen) atoms. The Morgan fingerprint density at radius 2 is 1.89 bits per heavy atom. The fourth-order valence-electron chi connectivity index (χ4n) is 2.23. The van der Waals surface area contributed by atoms with Gasteiger partial charge in [0.05, 0.1) is 16.9 Å². The highest BCUT2D eigenvalue weighted by Crippen LogP contribution is 2.26. The molecule has 0 radical (unpaired) electrons. The van der Waals surface area contributed by atoms with Crippen molar-refractivity contribution in [2.75, 3.05) is 17.7 Å². The first-order valence-corrected chi connectivity index (χ1v) is 8.78. The Morgan fingerprint density at radius 1 is 1.22 bits per heavy atom. The molecule has 138 valence electrons. The van der Waals surface area contributed by atoms with Gasteiger partial charge < -0.3 is 9.32 Å². The maximum absolute atomic E-state index is 13.0. The molecule has 7 nitrogen and oxygen atoms in total. The van der Waals surface area contributed by atoms with Gasteiger partial charge in [0.15, 0.2) is 5.76 Å². The molecule has 0 spiro atoms. The minimum atomic E-state index is -0.497. The smallest absolute Gasteiger partial charge is 0.269 e. The number of non-ortho nitro benzene ring substituents is 1. The normalized spacial score (nSPS) is 10.6. The number of hydrogen-bond donors (Lipinski definition) is 0. The van der Waals surface area contributed by atoms with Crippen molar-refractivity contribution in [2.45, 2.75) is 5.22 Å². The van der Waals surface area contributed by atoms with Crippen LogP contribution in [0, 0.1) is 15.9 Å². The first-order chi connectivity index (χ1) is 12.9. The molecular formula is C18H14FN3O4S. The summed E-state index contributed by atoms with van der Waals surface area (Å²) in [5.41, 5.74) is 1.19. The summed E-state index contributed by atoms with van der Waals surface area (Å²) in [5.74, 6) is 0.00781. The van der Waals surface area contributed by atoms with Gasteiger partial charge in [0.25, 0.3) is 10.9 Å². The number of carbonyl (C=O) groups is 1. The molecular weight excluding hydrogens is 373 g/mol. The van der Waals surface area contributed by atoms with E-state index in [4.69, 9.17) is 4.42 Å². The van der Waals surface area contributed by atoms with E-state index < -0.39 is 4.92 Å². The maximum atomic E-state index is 13.0. The molecule has 0 aliphatic rings. The van der Waals surface area contributed by atoms with Gasteiger partial charge >= 0.3 is 0 Å². The van der Waals surface area contributed by atoms with Crippen LogP contribution in [-0.4, -0.2) is 28.6 Å². The number of rotatable bonds is 6. The minimum Gasteiger partial charge on any atom is -0.431 e. The number of anilines is 1. The second-order valence-electron chi connectivity index (χ2n) is 5.51.